The average Bonchev–Trinajstić information content (AvgIpc) is 2.93. The molecule has 0 saturated heterocycles. The van der Waals surface area contributed by atoms with Gasteiger partial charge in [0.05, 0.1) is 18.5 Å². The summed E-state index contributed by atoms with van der Waals surface area (Å²) >= 11 is 6.30. The topological polar surface area (TPSA) is 72.3 Å². The quantitative estimate of drug-likeness (QED) is 0.415. The van der Waals surface area contributed by atoms with E-state index < -0.39 is 12.7 Å². The number of fused-ring (bicyclic) bond motifs is 3. The Hall–Kier alpha value is -2.43. The normalized spacial score (nSPS) is 12.3. The first-order valence-electron chi connectivity index (χ1n) is 9.53. The van der Waals surface area contributed by atoms with Crippen LogP contribution in [0.5, 0.6) is 0 Å². The summed E-state index contributed by atoms with van der Waals surface area (Å²) in [6.07, 6.45) is -4.60. The average molecular weight is 458 g/mol. The van der Waals surface area contributed by atoms with Gasteiger partial charge in [-0.1, -0.05) is 17.7 Å². The Morgan fingerprint density at radius 1 is 1.29 bits per heavy atom. The third-order valence-electron chi connectivity index (χ3n) is 4.55. The van der Waals surface area contributed by atoms with E-state index in [1.807, 2.05) is 19.0 Å². The zero-order valence-corrected chi connectivity index (χ0v) is 18.1. The van der Waals surface area contributed by atoms with Crippen LogP contribution in [0.2, 0.25) is 5.15 Å². The second-order valence-corrected chi connectivity index (χ2v) is 7.80. The highest BCUT2D eigenvalue weighted by Crippen LogP contribution is 2.34. The molecule has 0 spiro atoms. The number of rotatable bonds is 8. The molecule has 3 aromatic rings. The van der Waals surface area contributed by atoms with Crippen molar-refractivity contribution < 1.29 is 22.7 Å². The molecule has 0 aliphatic rings. The summed E-state index contributed by atoms with van der Waals surface area (Å²) in [4.78, 5) is 22.6. The maximum Gasteiger partial charge on any atom is 0.406 e. The molecule has 0 bridgehead atoms. The zero-order chi connectivity index (χ0) is 22.8. The van der Waals surface area contributed by atoms with Gasteiger partial charge in [0.1, 0.15) is 23.4 Å². The van der Waals surface area contributed by atoms with E-state index >= 15 is 0 Å². The summed E-state index contributed by atoms with van der Waals surface area (Å²) in [5.41, 5.74) is 1.66. The van der Waals surface area contributed by atoms with Crippen LogP contribution in [-0.4, -0.2) is 65.9 Å². The summed E-state index contributed by atoms with van der Waals surface area (Å²) in [5, 5.41) is 3.06. The van der Waals surface area contributed by atoms with Crippen molar-refractivity contribution in [1.29, 1.82) is 0 Å². The molecule has 1 amide bonds. The van der Waals surface area contributed by atoms with E-state index in [4.69, 9.17) is 16.3 Å². The number of carbonyl (C=O) groups is 1. The Kier molecular flexibility index (Phi) is 7.03. The van der Waals surface area contributed by atoms with E-state index in [1.54, 1.807) is 18.2 Å². The molecule has 0 saturated carbocycles. The third-order valence-corrected chi connectivity index (χ3v) is 4.81. The monoisotopic (exact) mass is 457 g/mol. The summed E-state index contributed by atoms with van der Waals surface area (Å²) in [6, 6.07) is 5.21. The van der Waals surface area contributed by atoms with E-state index in [0.717, 1.165) is 10.1 Å². The van der Waals surface area contributed by atoms with E-state index in [2.05, 4.69) is 15.3 Å². The Morgan fingerprint density at radius 2 is 2.03 bits per heavy atom. The lowest BCUT2D eigenvalue weighted by atomic mass is 10.1. The van der Waals surface area contributed by atoms with Gasteiger partial charge in [0, 0.05) is 25.6 Å². The van der Waals surface area contributed by atoms with Gasteiger partial charge < -0.3 is 19.5 Å². The SMILES string of the molecule is COCCNC(=O)Cc1nc(Cl)c2c(n1)c1cc(CN(C)C)ccc1n2CC(F)(F)F. The van der Waals surface area contributed by atoms with E-state index in [9.17, 15) is 18.0 Å². The zero-order valence-electron chi connectivity index (χ0n) is 17.4. The van der Waals surface area contributed by atoms with Gasteiger partial charge in [0.15, 0.2) is 5.15 Å². The molecule has 0 atom stereocenters. The molecule has 0 unspecified atom stereocenters. The number of benzene rings is 1. The van der Waals surface area contributed by atoms with Gasteiger partial charge in [0.2, 0.25) is 5.91 Å². The molecule has 31 heavy (non-hydrogen) atoms. The predicted molar refractivity (Wildman–Crippen MR) is 112 cm³/mol. The molecule has 0 aliphatic carbocycles. The van der Waals surface area contributed by atoms with Crippen LogP contribution in [-0.2, 0) is 29.0 Å². The summed E-state index contributed by atoms with van der Waals surface area (Å²) in [5.74, 6) is -0.198. The maximum atomic E-state index is 13.3. The Morgan fingerprint density at radius 3 is 2.68 bits per heavy atom. The number of ether oxygens (including phenoxy) is 1. The summed E-state index contributed by atoms with van der Waals surface area (Å²) < 4.78 is 45.8. The fourth-order valence-electron chi connectivity index (χ4n) is 3.41. The highest BCUT2D eigenvalue weighted by Gasteiger charge is 2.31. The van der Waals surface area contributed by atoms with Crippen LogP contribution in [0.1, 0.15) is 11.4 Å². The maximum absolute atomic E-state index is 13.3. The number of carbonyl (C=O) groups excluding carboxylic acids is 1. The van der Waals surface area contributed by atoms with E-state index in [0.29, 0.717) is 36.1 Å². The van der Waals surface area contributed by atoms with Crippen LogP contribution in [0.4, 0.5) is 13.2 Å². The molecule has 2 heterocycles. The van der Waals surface area contributed by atoms with Crippen LogP contribution in [0.25, 0.3) is 21.9 Å². The molecule has 0 fully saturated rings. The van der Waals surface area contributed by atoms with Crippen molar-refractivity contribution in [3.05, 3.63) is 34.7 Å². The van der Waals surface area contributed by atoms with Gasteiger partial charge >= 0.3 is 6.18 Å². The second kappa shape index (κ2) is 9.37. The smallest absolute Gasteiger partial charge is 0.383 e. The standard InChI is InChI=1S/C20H23ClF3N5O2/c1-28(2)10-12-4-5-14-13(8-12)17-18(29(14)11-20(22,23)24)19(21)27-15(26-17)9-16(30)25-6-7-31-3/h4-5,8H,6-7,9-11H2,1-3H3,(H,25,30). The van der Waals surface area contributed by atoms with Gasteiger partial charge in [-0.05, 0) is 31.8 Å². The number of hydrogen-bond donors (Lipinski definition) is 1. The van der Waals surface area contributed by atoms with Gasteiger partial charge in [-0.2, -0.15) is 13.2 Å². The van der Waals surface area contributed by atoms with Crippen molar-refractivity contribution >= 4 is 39.4 Å². The summed E-state index contributed by atoms with van der Waals surface area (Å²) in [7, 11) is 5.32. The summed E-state index contributed by atoms with van der Waals surface area (Å²) in [6.45, 7) is 0.0610. The lowest BCUT2D eigenvalue weighted by molar-refractivity contribution is -0.139. The van der Waals surface area contributed by atoms with Crippen molar-refractivity contribution in [1.82, 2.24) is 24.8 Å². The third kappa shape index (κ3) is 5.63. The van der Waals surface area contributed by atoms with Crippen molar-refractivity contribution in [2.75, 3.05) is 34.4 Å². The highest BCUT2D eigenvalue weighted by atomic mass is 35.5. The largest absolute Gasteiger partial charge is 0.406 e. The molecule has 2 aromatic heterocycles. The number of aromatic nitrogens is 3. The minimum Gasteiger partial charge on any atom is -0.383 e. The molecule has 1 N–H and O–H groups in total. The second-order valence-electron chi connectivity index (χ2n) is 7.44. The molecule has 168 valence electrons. The van der Waals surface area contributed by atoms with Gasteiger partial charge in [-0.3, -0.25) is 4.79 Å². The van der Waals surface area contributed by atoms with Crippen molar-refractivity contribution in [3.8, 4) is 0 Å². The number of halogens is 4. The van der Waals surface area contributed by atoms with Crippen LogP contribution < -0.4 is 5.32 Å². The Bertz CT molecular complexity index is 1100. The molecule has 7 nitrogen and oxygen atoms in total. The minimum absolute atomic E-state index is 0.0968. The van der Waals surface area contributed by atoms with Crippen LogP contribution in [0.3, 0.4) is 0 Å². The minimum atomic E-state index is -4.45. The predicted octanol–water partition coefficient (Wildman–Crippen LogP) is 3.17. The molecular formula is C20H23ClF3N5O2. The molecule has 0 radical (unpaired) electrons. The highest BCUT2D eigenvalue weighted by molar-refractivity contribution is 6.34. The number of nitrogens with zero attached hydrogens (tertiary/aromatic N) is 4. The Labute approximate surface area is 182 Å². The first kappa shape index (κ1) is 23.2. The number of hydrogen-bond acceptors (Lipinski definition) is 5. The van der Waals surface area contributed by atoms with Crippen molar-refractivity contribution in [3.63, 3.8) is 0 Å². The van der Waals surface area contributed by atoms with E-state index in [-0.39, 0.29) is 28.8 Å². The van der Waals surface area contributed by atoms with Crippen molar-refractivity contribution in [2.45, 2.75) is 25.7 Å². The van der Waals surface area contributed by atoms with Gasteiger partial charge in [0.25, 0.3) is 0 Å². The van der Waals surface area contributed by atoms with Crippen molar-refractivity contribution in [2.24, 2.45) is 0 Å². The molecule has 11 heteroatoms. The molecule has 1 aromatic carbocycles. The number of nitrogens with one attached hydrogen (secondary N) is 1. The fraction of sp³-hybridized carbons (Fsp3) is 0.450. The first-order chi connectivity index (χ1) is 14.6. The van der Waals surface area contributed by atoms with E-state index in [1.165, 1.54) is 7.11 Å². The number of amides is 1. The fourth-order valence-corrected chi connectivity index (χ4v) is 3.70. The lowest BCUT2D eigenvalue weighted by Crippen LogP contribution is -2.29. The Balaban J connectivity index is 2.11. The lowest BCUT2D eigenvalue weighted by Gasteiger charge is -2.12. The van der Waals surface area contributed by atoms with Crippen LogP contribution in [0.15, 0.2) is 18.2 Å². The molecule has 0 aliphatic heterocycles. The number of methoxy groups -OCH3 is 1. The molecular weight excluding hydrogens is 435 g/mol. The van der Waals surface area contributed by atoms with Gasteiger partial charge in [-0.15, -0.1) is 0 Å². The van der Waals surface area contributed by atoms with Crippen LogP contribution >= 0.6 is 11.6 Å². The molecule has 3 rings (SSSR count). The first-order valence-corrected chi connectivity index (χ1v) is 9.91. The van der Waals surface area contributed by atoms with Crippen LogP contribution in [0, 0.1) is 0 Å². The number of alkyl halides is 3. The van der Waals surface area contributed by atoms with Gasteiger partial charge in [-0.25, -0.2) is 9.97 Å².